The quantitative estimate of drug-likeness (QED) is 0.592. The molecule has 28 heavy (non-hydrogen) atoms. The Hall–Kier alpha value is -2.14. The van der Waals surface area contributed by atoms with Gasteiger partial charge in [0, 0.05) is 31.1 Å². The lowest BCUT2D eigenvalue weighted by atomic mass is 10.0. The van der Waals surface area contributed by atoms with Crippen molar-refractivity contribution >= 4 is 17.3 Å². The van der Waals surface area contributed by atoms with E-state index in [2.05, 4.69) is 28.8 Å². The second-order valence-electron chi connectivity index (χ2n) is 7.18. The number of rotatable bonds is 10. The molecule has 2 unspecified atom stereocenters. The highest BCUT2D eigenvalue weighted by Crippen LogP contribution is 2.20. The van der Waals surface area contributed by atoms with Crippen LogP contribution in [0.2, 0.25) is 5.02 Å². The van der Waals surface area contributed by atoms with Crippen molar-refractivity contribution in [2.24, 2.45) is 5.16 Å². The minimum atomic E-state index is -0.389. The summed E-state index contributed by atoms with van der Waals surface area (Å²) in [6.07, 6.45) is 3.70. The first-order chi connectivity index (χ1) is 13.6. The molecule has 0 saturated heterocycles. The lowest BCUT2D eigenvalue weighted by molar-refractivity contribution is 0.0308. The molecule has 0 aliphatic carbocycles. The van der Waals surface area contributed by atoms with E-state index < -0.39 is 0 Å². The van der Waals surface area contributed by atoms with Gasteiger partial charge in [0.15, 0.2) is 0 Å². The van der Waals surface area contributed by atoms with E-state index in [1.54, 1.807) is 0 Å². The maximum Gasteiger partial charge on any atom is 0.145 e. The van der Waals surface area contributed by atoms with Gasteiger partial charge in [0.05, 0.1) is 11.8 Å². The van der Waals surface area contributed by atoms with Gasteiger partial charge in [-0.15, -0.1) is 6.58 Å². The molecule has 0 saturated carbocycles. The summed E-state index contributed by atoms with van der Waals surface area (Å²) in [5.74, 6) is 0. The van der Waals surface area contributed by atoms with Gasteiger partial charge in [-0.2, -0.15) is 0 Å². The Morgan fingerprint density at radius 1 is 1.21 bits per heavy atom. The van der Waals surface area contributed by atoms with Crippen molar-refractivity contribution in [1.82, 2.24) is 4.90 Å². The number of allylic oxidation sites excluding steroid dienone is 1. The number of benzene rings is 2. The van der Waals surface area contributed by atoms with E-state index in [-0.39, 0.29) is 12.2 Å². The molecule has 1 heterocycles. The van der Waals surface area contributed by atoms with Crippen LogP contribution in [-0.2, 0) is 11.4 Å². The predicted molar refractivity (Wildman–Crippen MR) is 115 cm³/mol. The van der Waals surface area contributed by atoms with Crippen LogP contribution in [0.5, 0.6) is 0 Å². The van der Waals surface area contributed by atoms with E-state index in [9.17, 15) is 5.11 Å². The highest BCUT2D eigenvalue weighted by Gasteiger charge is 2.25. The molecule has 0 amide bonds. The maximum atomic E-state index is 10.4. The number of hydrogen-bond donors (Lipinski definition) is 1. The zero-order chi connectivity index (χ0) is 19.8. The summed E-state index contributed by atoms with van der Waals surface area (Å²) in [6, 6.07) is 18.0. The van der Waals surface area contributed by atoms with Gasteiger partial charge in [0.2, 0.25) is 0 Å². The normalized spacial score (nSPS) is 17.2. The van der Waals surface area contributed by atoms with Gasteiger partial charge in [-0.25, -0.2) is 0 Å². The highest BCUT2D eigenvalue weighted by molar-refractivity contribution is 6.30. The van der Waals surface area contributed by atoms with Crippen molar-refractivity contribution in [3.63, 3.8) is 0 Å². The third-order valence-electron chi connectivity index (χ3n) is 4.79. The van der Waals surface area contributed by atoms with Crippen molar-refractivity contribution in [3.8, 4) is 0 Å². The first-order valence-electron chi connectivity index (χ1n) is 9.68. The first kappa shape index (κ1) is 20.6. The number of hydrogen-bond acceptors (Lipinski definition) is 4. The van der Waals surface area contributed by atoms with E-state index in [1.165, 1.54) is 5.56 Å². The van der Waals surface area contributed by atoms with E-state index in [1.807, 2.05) is 48.5 Å². The van der Waals surface area contributed by atoms with Crippen LogP contribution in [0.15, 0.2) is 72.4 Å². The van der Waals surface area contributed by atoms with Gasteiger partial charge in [0.1, 0.15) is 6.10 Å². The summed E-state index contributed by atoms with van der Waals surface area (Å²) < 4.78 is 0. The Morgan fingerprint density at radius 3 is 2.68 bits per heavy atom. The van der Waals surface area contributed by atoms with E-state index in [0.29, 0.717) is 24.5 Å². The van der Waals surface area contributed by atoms with Crippen molar-refractivity contribution in [2.45, 2.75) is 38.0 Å². The van der Waals surface area contributed by atoms with Crippen LogP contribution in [0.1, 0.15) is 30.4 Å². The molecular formula is C23H27ClN2O2. The topological polar surface area (TPSA) is 45.1 Å². The summed E-state index contributed by atoms with van der Waals surface area (Å²) in [5.41, 5.74) is 3.19. The van der Waals surface area contributed by atoms with E-state index >= 15 is 0 Å². The van der Waals surface area contributed by atoms with Crippen molar-refractivity contribution in [3.05, 3.63) is 83.4 Å². The minimum absolute atomic E-state index is 0.0269. The van der Waals surface area contributed by atoms with Gasteiger partial charge < -0.3 is 9.94 Å². The molecule has 2 aromatic rings. The molecule has 4 nitrogen and oxygen atoms in total. The van der Waals surface area contributed by atoms with Crippen LogP contribution in [0.3, 0.4) is 0 Å². The van der Waals surface area contributed by atoms with Crippen molar-refractivity contribution in [1.29, 1.82) is 0 Å². The van der Waals surface area contributed by atoms with Gasteiger partial charge in [0.25, 0.3) is 0 Å². The smallest absolute Gasteiger partial charge is 0.145 e. The number of aliphatic hydroxyl groups is 1. The molecule has 0 aromatic heterocycles. The Kier molecular flexibility index (Phi) is 7.66. The molecule has 1 aliphatic rings. The summed E-state index contributed by atoms with van der Waals surface area (Å²) in [6.45, 7) is 5.81. The van der Waals surface area contributed by atoms with Gasteiger partial charge in [-0.05, 0) is 36.1 Å². The van der Waals surface area contributed by atoms with Crippen molar-refractivity contribution < 1.29 is 9.94 Å². The number of aliphatic hydroxyl groups excluding tert-OH is 1. The van der Waals surface area contributed by atoms with E-state index in [0.717, 1.165) is 30.7 Å². The van der Waals surface area contributed by atoms with Crippen LogP contribution in [0, 0.1) is 0 Å². The summed E-state index contributed by atoms with van der Waals surface area (Å²) in [4.78, 5) is 7.94. The van der Waals surface area contributed by atoms with Crippen LogP contribution in [0.4, 0.5) is 0 Å². The predicted octanol–water partition coefficient (Wildman–Crippen LogP) is 4.66. The second kappa shape index (κ2) is 10.4. The monoisotopic (exact) mass is 398 g/mol. The molecule has 0 fully saturated rings. The SMILES string of the molecule is C=CCCC(O)CN(Cc1ccccc1)CC1CC(c2ccc(Cl)cc2)=NO1. The fourth-order valence-electron chi connectivity index (χ4n) is 3.37. The molecular weight excluding hydrogens is 372 g/mol. The number of oxime groups is 1. The molecule has 1 aliphatic heterocycles. The average molecular weight is 399 g/mol. The van der Waals surface area contributed by atoms with Crippen molar-refractivity contribution in [2.75, 3.05) is 13.1 Å². The van der Waals surface area contributed by atoms with Crippen LogP contribution < -0.4 is 0 Å². The molecule has 3 rings (SSSR count). The minimum Gasteiger partial charge on any atom is -0.392 e. The van der Waals surface area contributed by atoms with Crippen LogP contribution in [0.25, 0.3) is 0 Å². The number of nitrogens with zero attached hydrogens (tertiary/aromatic N) is 2. The molecule has 1 N–H and O–H groups in total. The van der Waals surface area contributed by atoms with Crippen LogP contribution in [-0.4, -0.2) is 41.0 Å². The summed E-state index contributed by atoms with van der Waals surface area (Å²) in [5, 5.41) is 15.4. The highest BCUT2D eigenvalue weighted by atomic mass is 35.5. The summed E-state index contributed by atoms with van der Waals surface area (Å²) >= 11 is 5.97. The fourth-order valence-corrected chi connectivity index (χ4v) is 3.50. The van der Waals surface area contributed by atoms with Gasteiger partial charge in [-0.3, -0.25) is 4.90 Å². The standard InChI is InChI=1S/C23H27ClN2O2/c1-2-3-9-21(27)16-26(15-18-7-5-4-6-8-18)17-22-14-23(25-28-22)19-10-12-20(24)13-11-19/h2,4-8,10-13,21-22,27H,1,3,9,14-17H2. The summed E-state index contributed by atoms with van der Waals surface area (Å²) in [7, 11) is 0. The first-order valence-corrected chi connectivity index (χ1v) is 10.1. The fraction of sp³-hybridized carbons (Fsp3) is 0.348. The van der Waals surface area contributed by atoms with Gasteiger partial charge in [-0.1, -0.05) is 65.3 Å². The largest absolute Gasteiger partial charge is 0.392 e. The third kappa shape index (κ3) is 6.20. The molecule has 148 valence electrons. The lowest BCUT2D eigenvalue weighted by Gasteiger charge is -2.27. The zero-order valence-electron chi connectivity index (χ0n) is 16.0. The second-order valence-corrected chi connectivity index (χ2v) is 7.61. The Balaban J connectivity index is 1.60. The Bertz CT molecular complexity index is 777. The number of halogens is 1. The van der Waals surface area contributed by atoms with E-state index in [4.69, 9.17) is 16.4 Å². The maximum absolute atomic E-state index is 10.4. The Morgan fingerprint density at radius 2 is 1.96 bits per heavy atom. The molecule has 0 bridgehead atoms. The molecule has 0 radical (unpaired) electrons. The molecule has 5 heteroatoms. The Labute approximate surface area is 172 Å². The van der Waals surface area contributed by atoms with Gasteiger partial charge >= 0.3 is 0 Å². The molecule has 2 atom stereocenters. The zero-order valence-corrected chi connectivity index (χ0v) is 16.8. The average Bonchev–Trinajstić information content (AvgIpc) is 3.16. The van der Waals surface area contributed by atoms with Crippen LogP contribution >= 0.6 is 11.6 Å². The third-order valence-corrected chi connectivity index (χ3v) is 5.05. The molecule has 2 aromatic carbocycles. The lowest BCUT2D eigenvalue weighted by Crippen LogP contribution is -2.37. The molecule has 0 spiro atoms.